The average molecular weight is 349 g/mol. The Morgan fingerprint density at radius 2 is 2.14 bits per heavy atom. The van der Waals surface area contributed by atoms with Gasteiger partial charge in [0.2, 0.25) is 15.9 Å². The van der Waals surface area contributed by atoms with Crippen LogP contribution in [0.15, 0.2) is 24.3 Å². The van der Waals surface area contributed by atoms with Gasteiger partial charge >= 0.3 is 0 Å². The van der Waals surface area contributed by atoms with Crippen LogP contribution >= 0.6 is 11.6 Å². The number of carbonyl (C=O) groups excluding carboxylic acids is 1. The molecule has 0 fully saturated rings. The average Bonchev–Trinajstić information content (AvgIpc) is 2.43. The van der Waals surface area contributed by atoms with Crippen LogP contribution in [0.2, 0.25) is 5.02 Å². The molecule has 0 aliphatic heterocycles. The summed E-state index contributed by atoms with van der Waals surface area (Å²) in [7, 11) is -2.11. The van der Waals surface area contributed by atoms with Gasteiger partial charge in [0, 0.05) is 18.7 Å². The van der Waals surface area contributed by atoms with Crippen molar-refractivity contribution < 1.29 is 17.9 Å². The Kier molecular flexibility index (Phi) is 7.12. The second kappa shape index (κ2) is 8.36. The molecule has 0 aliphatic carbocycles. The van der Waals surface area contributed by atoms with Gasteiger partial charge in [-0.2, -0.15) is 0 Å². The van der Waals surface area contributed by atoms with Crippen molar-refractivity contribution in [3.8, 4) is 0 Å². The topological polar surface area (TPSA) is 75.7 Å². The molecule has 8 heteroatoms. The lowest BCUT2D eigenvalue weighted by Crippen LogP contribution is -2.49. The number of anilines is 1. The smallest absolute Gasteiger partial charge is 0.243 e. The molecule has 1 aromatic rings. The van der Waals surface area contributed by atoms with Gasteiger partial charge < -0.3 is 10.1 Å². The molecule has 0 saturated carbocycles. The lowest BCUT2D eigenvalue weighted by molar-refractivity contribution is -0.122. The second-order valence-electron chi connectivity index (χ2n) is 4.75. The molecule has 1 atom stereocenters. The number of halogens is 1. The first-order valence-electron chi connectivity index (χ1n) is 6.82. The Hall–Kier alpha value is -1.31. The molecule has 0 unspecified atom stereocenters. The normalized spacial score (nSPS) is 12.7. The van der Waals surface area contributed by atoms with Gasteiger partial charge in [0.1, 0.15) is 6.04 Å². The van der Waals surface area contributed by atoms with Crippen LogP contribution in [0.1, 0.15) is 13.3 Å². The van der Waals surface area contributed by atoms with Crippen LogP contribution in [0.25, 0.3) is 0 Å². The van der Waals surface area contributed by atoms with Gasteiger partial charge in [0.15, 0.2) is 0 Å². The number of sulfonamides is 1. The number of nitrogens with zero attached hydrogens (tertiary/aromatic N) is 1. The van der Waals surface area contributed by atoms with E-state index in [0.29, 0.717) is 30.3 Å². The van der Waals surface area contributed by atoms with Gasteiger partial charge in [-0.25, -0.2) is 8.42 Å². The summed E-state index contributed by atoms with van der Waals surface area (Å²) >= 11 is 5.93. The predicted molar refractivity (Wildman–Crippen MR) is 87.7 cm³/mol. The first-order valence-corrected chi connectivity index (χ1v) is 9.05. The number of ether oxygens (including phenoxy) is 1. The predicted octanol–water partition coefficient (Wildman–Crippen LogP) is 1.65. The van der Waals surface area contributed by atoms with E-state index in [1.807, 2.05) is 0 Å². The minimum absolute atomic E-state index is 0.318. The van der Waals surface area contributed by atoms with E-state index in [1.165, 1.54) is 13.2 Å². The molecule has 0 spiro atoms. The fourth-order valence-corrected chi connectivity index (χ4v) is 3.46. The quantitative estimate of drug-likeness (QED) is 0.725. The molecular weight excluding hydrogens is 328 g/mol. The number of benzene rings is 1. The molecule has 6 nitrogen and oxygen atoms in total. The summed E-state index contributed by atoms with van der Waals surface area (Å²) in [6.07, 6.45) is 1.40. The highest BCUT2D eigenvalue weighted by atomic mass is 35.5. The fourth-order valence-electron chi connectivity index (χ4n) is 2.07. The molecule has 22 heavy (non-hydrogen) atoms. The largest absolute Gasteiger partial charge is 0.383 e. The minimum Gasteiger partial charge on any atom is -0.383 e. The van der Waals surface area contributed by atoms with Crippen LogP contribution in [0.4, 0.5) is 5.69 Å². The summed E-state index contributed by atoms with van der Waals surface area (Å²) < 4.78 is 30.3. The van der Waals surface area contributed by atoms with Crippen molar-refractivity contribution in [3.63, 3.8) is 0 Å². The van der Waals surface area contributed by atoms with Crippen molar-refractivity contribution in [2.75, 3.05) is 30.8 Å². The Balaban J connectivity index is 3.12. The number of hydrogen-bond acceptors (Lipinski definition) is 4. The first kappa shape index (κ1) is 18.7. The fraction of sp³-hybridized carbons (Fsp3) is 0.500. The van der Waals surface area contributed by atoms with Gasteiger partial charge in [-0.3, -0.25) is 9.10 Å². The van der Waals surface area contributed by atoms with E-state index in [0.717, 1.165) is 10.6 Å². The van der Waals surface area contributed by atoms with Crippen molar-refractivity contribution in [2.24, 2.45) is 0 Å². The monoisotopic (exact) mass is 348 g/mol. The zero-order chi connectivity index (χ0) is 16.8. The molecule has 0 bridgehead atoms. The molecule has 1 N–H and O–H groups in total. The first-order chi connectivity index (χ1) is 10.3. The number of hydrogen-bond donors (Lipinski definition) is 1. The standard InChI is InChI=1S/C14H21ClN2O4S/c1-4-13(14(18)16-8-9-21-2)17(22(3,19)20)12-7-5-6-11(15)10-12/h5-7,10,13H,4,8-9H2,1-3H3,(H,16,18)/t13-/m0/s1. The maximum absolute atomic E-state index is 12.3. The molecule has 1 amide bonds. The number of amides is 1. The van der Waals surface area contributed by atoms with Crippen molar-refractivity contribution in [1.82, 2.24) is 5.32 Å². The molecule has 1 rings (SSSR count). The molecule has 0 saturated heterocycles. The summed E-state index contributed by atoms with van der Waals surface area (Å²) in [5, 5.41) is 3.07. The van der Waals surface area contributed by atoms with Crippen molar-refractivity contribution >= 4 is 33.2 Å². The lowest BCUT2D eigenvalue weighted by atomic mass is 10.2. The number of rotatable bonds is 8. The zero-order valence-electron chi connectivity index (χ0n) is 12.9. The summed E-state index contributed by atoms with van der Waals surface area (Å²) in [6.45, 7) is 2.43. The summed E-state index contributed by atoms with van der Waals surface area (Å²) in [6, 6.07) is 5.58. The third-order valence-electron chi connectivity index (χ3n) is 3.00. The Labute approximate surface area is 136 Å². The molecule has 1 aromatic carbocycles. The van der Waals surface area contributed by atoms with Gasteiger partial charge in [0.05, 0.1) is 18.6 Å². The minimum atomic E-state index is -3.64. The van der Waals surface area contributed by atoms with Crippen LogP contribution in [0.5, 0.6) is 0 Å². The van der Waals surface area contributed by atoms with Gasteiger partial charge in [-0.15, -0.1) is 0 Å². The van der Waals surface area contributed by atoms with Crippen LogP contribution in [-0.4, -0.2) is 46.9 Å². The highest BCUT2D eigenvalue weighted by molar-refractivity contribution is 7.92. The zero-order valence-corrected chi connectivity index (χ0v) is 14.4. The maximum atomic E-state index is 12.3. The Morgan fingerprint density at radius 3 is 2.64 bits per heavy atom. The number of methoxy groups -OCH3 is 1. The van der Waals surface area contributed by atoms with E-state index < -0.39 is 16.1 Å². The SMILES string of the molecule is CC[C@@H](C(=O)NCCOC)N(c1cccc(Cl)c1)S(C)(=O)=O. The summed E-state index contributed by atoms with van der Waals surface area (Å²) in [5.74, 6) is -0.370. The van der Waals surface area contributed by atoms with Crippen molar-refractivity contribution in [3.05, 3.63) is 29.3 Å². The number of carbonyl (C=O) groups is 1. The lowest BCUT2D eigenvalue weighted by Gasteiger charge is -2.30. The highest BCUT2D eigenvalue weighted by Gasteiger charge is 2.31. The van der Waals surface area contributed by atoms with E-state index in [-0.39, 0.29) is 5.91 Å². The van der Waals surface area contributed by atoms with E-state index in [4.69, 9.17) is 16.3 Å². The van der Waals surface area contributed by atoms with Crippen molar-refractivity contribution in [2.45, 2.75) is 19.4 Å². The Morgan fingerprint density at radius 1 is 1.45 bits per heavy atom. The van der Waals surface area contributed by atoms with E-state index >= 15 is 0 Å². The van der Waals surface area contributed by atoms with E-state index in [2.05, 4.69) is 5.32 Å². The van der Waals surface area contributed by atoms with Gasteiger partial charge in [-0.1, -0.05) is 24.6 Å². The van der Waals surface area contributed by atoms with E-state index in [1.54, 1.807) is 25.1 Å². The van der Waals surface area contributed by atoms with Gasteiger partial charge in [0.25, 0.3) is 0 Å². The Bertz CT molecular complexity index is 607. The van der Waals surface area contributed by atoms with Crippen molar-refractivity contribution in [1.29, 1.82) is 0 Å². The molecule has 0 aliphatic rings. The molecule has 0 heterocycles. The van der Waals surface area contributed by atoms with Crippen LogP contribution in [-0.2, 0) is 19.6 Å². The van der Waals surface area contributed by atoms with Crippen LogP contribution in [0.3, 0.4) is 0 Å². The molecule has 124 valence electrons. The third kappa shape index (κ3) is 5.15. The molecule has 0 aromatic heterocycles. The molecular formula is C14H21ClN2O4S. The van der Waals surface area contributed by atoms with Crippen LogP contribution in [0, 0.1) is 0 Å². The summed E-state index contributed by atoms with van der Waals surface area (Å²) in [5.41, 5.74) is 0.365. The maximum Gasteiger partial charge on any atom is 0.243 e. The molecule has 0 radical (unpaired) electrons. The highest BCUT2D eigenvalue weighted by Crippen LogP contribution is 2.25. The van der Waals surface area contributed by atoms with Gasteiger partial charge in [-0.05, 0) is 24.6 Å². The third-order valence-corrected chi connectivity index (χ3v) is 4.41. The number of nitrogens with one attached hydrogen (secondary N) is 1. The van der Waals surface area contributed by atoms with Crippen LogP contribution < -0.4 is 9.62 Å². The second-order valence-corrected chi connectivity index (χ2v) is 7.04. The summed E-state index contributed by atoms with van der Waals surface area (Å²) in [4.78, 5) is 12.3. The van der Waals surface area contributed by atoms with E-state index in [9.17, 15) is 13.2 Å².